The Bertz CT molecular complexity index is 442. The lowest BCUT2D eigenvalue weighted by Gasteiger charge is -2.14. The lowest BCUT2D eigenvalue weighted by Crippen LogP contribution is -2.30. The fourth-order valence-electron chi connectivity index (χ4n) is 1.75. The molecule has 0 atom stereocenters. The highest BCUT2D eigenvalue weighted by Crippen LogP contribution is 2.33. The number of hydrogen-bond donors (Lipinski definition) is 0. The summed E-state index contributed by atoms with van der Waals surface area (Å²) in [5.74, 6) is -0.969. The Morgan fingerprint density at radius 2 is 2.07 bits per heavy atom. The molecule has 0 aromatic heterocycles. The van der Waals surface area contributed by atoms with Gasteiger partial charge < -0.3 is 4.90 Å². The van der Waals surface area contributed by atoms with Crippen molar-refractivity contribution >= 4 is 29.0 Å². The van der Waals surface area contributed by atoms with Crippen molar-refractivity contribution in [3.8, 4) is 0 Å². The first kappa shape index (κ1) is 10.2. The van der Waals surface area contributed by atoms with Crippen molar-refractivity contribution in [3.05, 3.63) is 28.8 Å². The fraction of sp³-hybridized carbons (Fsp3) is 0.273. The number of nitrogens with zero attached hydrogens (tertiary/aromatic N) is 1. The van der Waals surface area contributed by atoms with Crippen LogP contribution in [0.15, 0.2) is 18.2 Å². The highest BCUT2D eigenvalue weighted by Gasteiger charge is 2.36. The van der Waals surface area contributed by atoms with Crippen LogP contribution in [0.5, 0.6) is 0 Å². The molecule has 1 heterocycles. The summed E-state index contributed by atoms with van der Waals surface area (Å²) in [4.78, 5) is 24.7. The molecule has 1 aromatic carbocycles. The molecule has 15 heavy (non-hydrogen) atoms. The molecule has 2 rings (SSSR count). The van der Waals surface area contributed by atoms with E-state index in [1.54, 1.807) is 18.2 Å². The number of Topliss-reactive ketones (excluding diaryl/α,β-unsaturated/α-hetero) is 1. The summed E-state index contributed by atoms with van der Waals surface area (Å²) in [5.41, 5.74) is 0.983. The Balaban J connectivity index is 2.55. The van der Waals surface area contributed by atoms with Crippen LogP contribution < -0.4 is 4.90 Å². The molecule has 1 amide bonds. The van der Waals surface area contributed by atoms with E-state index in [4.69, 9.17) is 11.6 Å². The SMILES string of the molecule is CCCN1C(=O)C(=O)c2c(Cl)cccc21. The van der Waals surface area contributed by atoms with E-state index in [9.17, 15) is 9.59 Å². The number of fused-ring (bicyclic) bond motifs is 1. The van der Waals surface area contributed by atoms with Gasteiger partial charge in [0.05, 0.1) is 16.3 Å². The minimum absolute atomic E-state index is 0.345. The lowest BCUT2D eigenvalue weighted by atomic mass is 10.1. The largest absolute Gasteiger partial charge is 0.305 e. The molecule has 0 spiro atoms. The molecule has 0 unspecified atom stereocenters. The summed E-state index contributed by atoms with van der Waals surface area (Å²) in [6.07, 6.45) is 0.810. The number of carbonyl (C=O) groups is 2. The van der Waals surface area contributed by atoms with Crippen molar-refractivity contribution in [3.63, 3.8) is 0 Å². The molecule has 0 saturated carbocycles. The highest BCUT2D eigenvalue weighted by molar-refractivity contribution is 6.55. The normalized spacial score (nSPS) is 14.7. The van der Waals surface area contributed by atoms with E-state index in [2.05, 4.69) is 0 Å². The van der Waals surface area contributed by atoms with E-state index in [0.717, 1.165) is 6.42 Å². The van der Waals surface area contributed by atoms with Crippen molar-refractivity contribution in [2.24, 2.45) is 0 Å². The van der Waals surface area contributed by atoms with Crippen LogP contribution in [0.25, 0.3) is 0 Å². The third-order valence-corrected chi connectivity index (χ3v) is 2.71. The van der Waals surface area contributed by atoms with Crippen molar-refractivity contribution in [1.29, 1.82) is 0 Å². The number of halogens is 1. The van der Waals surface area contributed by atoms with Gasteiger partial charge in [0, 0.05) is 6.54 Å². The van der Waals surface area contributed by atoms with Gasteiger partial charge in [-0.15, -0.1) is 0 Å². The van der Waals surface area contributed by atoms with Crippen LogP contribution in [0, 0.1) is 0 Å². The Hall–Kier alpha value is -1.35. The molecule has 0 saturated heterocycles. The van der Waals surface area contributed by atoms with Crippen LogP contribution in [0.1, 0.15) is 23.7 Å². The van der Waals surface area contributed by atoms with Crippen LogP contribution in [-0.4, -0.2) is 18.2 Å². The van der Waals surface area contributed by atoms with Gasteiger partial charge >= 0.3 is 0 Å². The second kappa shape index (κ2) is 3.66. The van der Waals surface area contributed by atoms with Crippen LogP contribution in [0.2, 0.25) is 5.02 Å². The molecule has 0 radical (unpaired) electrons. The van der Waals surface area contributed by atoms with Crippen molar-refractivity contribution in [2.75, 3.05) is 11.4 Å². The van der Waals surface area contributed by atoms with Gasteiger partial charge in [0.1, 0.15) is 0 Å². The number of rotatable bonds is 2. The zero-order valence-electron chi connectivity index (χ0n) is 8.29. The summed E-state index contributed by atoms with van der Waals surface area (Å²) >= 11 is 5.90. The maximum Gasteiger partial charge on any atom is 0.299 e. The van der Waals surface area contributed by atoms with Gasteiger partial charge in [-0.2, -0.15) is 0 Å². The minimum atomic E-state index is -0.496. The smallest absolute Gasteiger partial charge is 0.299 e. The molecule has 0 bridgehead atoms. The zero-order chi connectivity index (χ0) is 11.0. The third-order valence-electron chi connectivity index (χ3n) is 2.40. The van der Waals surface area contributed by atoms with E-state index in [0.29, 0.717) is 22.8 Å². The van der Waals surface area contributed by atoms with Crippen LogP contribution in [0.3, 0.4) is 0 Å². The molecular formula is C11H10ClNO2. The fourth-order valence-corrected chi connectivity index (χ4v) is 2.00. The predicted octanol–water partition coefficient (Wildman–Crippen LogP) is 2.28. The van der Waals surface area contributed by atoms with Gasteiger partial charge in [-0.1, -0.05) is 24.6 Å². The summed E-state index contributed by atoms with van der Waals surface area (Å²) in [6.45, 7) is 2.51. The van der Waals surface area contributed by atoms with Crippen molar-refractivity contribution in [1.82, 2.24) is 0 Å². The first-order valence-electron chi connectivity index (χ1n) is 4.81. The van der Waals surface area contributed by atoms with E-state index < -0.39 is 11.7 Å². The Morgan fingerprint density at radius 1 is 1.33 bits per heavy atom. The van der Waals surface area contributed by atoms with Gasteiger partial charge in [-0.3, -0.25) is 9.59 Å². The first-order valence-corrected chi connectivity index (χ1v) is 5.19. The molecule has 1 aliphatic rings. The van der Waals surface area contributed by atoms with Gasteiger partial charge in [0.2, 0.25) is 0 Å². The average molecular weight is 224 g/mol. The van der Waals surface area contributed by atoms with E-state index in [1.165, 1.54) is 4.90 Å². The lowest BCUT2D eigenvalue weighted by molar-refractivity contribution is -0.114. The van der Waals surface area contributed by atoms with E-state index in [-0.39, 0.29) is 0 Å². The Kier molecular flexibility index (Phi) is 2.49. The summed E-state index contributed by atoms with van der Waals surface area (Å²) in [6, 6.07) is 5.12. The maximum absolute atomic E-state index is 11.6. The number of amides is 1. The number of carbonyl (C=O) groups excluding carboxylic acids is 2. The molecule has 78 valence electrons. The number of benzene rings is 1. The van der Waals surface area contributed by atoms with Gasteiger partial charge in [-0.25, -0.2) is 0 Å². The minimum Gasteiger partial charge on any atom is -0.305 e. The van der Waals surface area contributed by atoms with Crippen molar-refractivity contribution < 1.29 is 9.59 Å². The standard InChI is InChI=1S/C11H10ClNO2/c1-2-6-13-8-5-3-4-7(12)9(8)10(14)11(13)15/h3-5H,2,6H2,1H3. The molecule has 4 heteroatoms. The zero-order valence-corrected chi connectivity index (χ0v) is 9.04. The summed E-state index contributed by atoms with van der Waals surface area (Å²) in [5, 5.41) is 0.351. The van der Waals surface area contributed by atoms with E-state index >= 15 is 0 Å². The highest BCUT2D eigenvalue weighted by atomic mass is 35.5. The maximum atomic E-state index is 11.6. The summed E-state index contributed by atoms with van der Waals surface area (Å²) < 4.78 is 0. The third kappa shape index (κ3) is 1.43. The molecular weight excluding hydrogens is 214 g/mol. The summed E-state index contributed by atoms with van der Waals surface area (Å²) in [7, 11) is 0. The molecule has 0 aliphatic carbocycles. The van der Waals surface area contributed by atoms with Gasteiger partial charge in [0.25, 0.3) is 11.7 Å². The first-order chi connectivity index (χ1) is 7.16. The van der Waals surface area contributed by atoms with Crippen LogP contribution in [-0.2, 0) is 4.79 Å². The van der Waals surface area contributed by atoms with Crippen LogP contribution >= 0.6 is 11.6 Å². The number of hydrogen-bond acceptors (Lipinski definition) is 2. The van der Waals surface area contributed by atoms with E-state index in [1.807, 2.05) is 6.92 Å². The Labute approximate surface area is 92.6 Å². The molecule has 1 aromatic rings. The number of ketones is 1. The molecule has 0 N–H and O–H groups in total. The Morgan fingerprint density at radius 3 is 2.73 bits per heavy atom. The molecule has 3 nitrogen and oxygen atoms in total. The second-order valence-electron chi connectivity index (χ2n) is 3.42. The second-order valence-corrected chi connectivity index (χ2v) is 3.83. The quantitative estimate of drug-likeness (QED) is 0.722. The topological polar surface area (TPSA) is 37.4 Å². The molecule has 1 aliphatic heterocycles. The molecule has 0 fully saturated rings. The van der Waals surface area contributed by atoms with Gasteiger partial charge in [-0.05, 0) is 18.6 Å². The van der Waals surface area contributed by atoms with Crippen molar-refractivity contribution in [2.45, 2.75) is 13.3 Å². The van der Waals surface area contributed by atoms with Crippen LogP contribution in [0.4, 0.5) is 5.69 Å². The monoisotopic (exact) mass is 223 g/mol. The van der Waals surface area contributed by atoms with Gasteiger partial charge in [0.15, 0.2) is 0 Å². The average Bonchev–Trinajstić information content (AvgIpc) is 2.45. The predicted molar refractivity (Wildman–Crippen MR) is 58.4 cm³/mol. The number of anilines is 1.